The fraction of sp³-hybridized carbons (Fsp3) is 0.308. The van der Waals surface area contributed by atoms with Crippen LogP contribution < -0.4 is 0 Å². The molecule has 0 unspecified atom stereocenters. The molecule has 1 aromatic rings. The Balaban J connectivity index is 3.28. The number of phenols is 1. The lowest BCUT2D eigenvalue weighted by Crippen LogP contribution is -2.27. The molecule has 0 amide bonds. The van der Waals surface area contributed by atoms with Crippen LogP contribution in [0.3, 0.4) is 0 Å². The first-order valence-corrected chi connectivity index (χ1v) is 6.14. The number of benzene rings is 1. The quantitative estimate of drug-likeness (QED) is 0.841. The number of halogens is 2. The Morgan fingerprint density at radius 3 is 2.16 bits per heavy atom. The second kappa shape index (κ2) is 5.60. The van der Waals surface area contributed by atoms with E-state index in [0.29, 0.717) is 0 Å². The van der Waals surface area contributed by atoms with E-state index in [4.69, 9.17) is 28.5 Å². The van der Waals surface area contributed by atoms with Crippen molar-refractivity contribution in [3.63, 3.8) is 0 Å². The van der Waals surface area contributed by atoms with Crippen LogP contribution in [0.5, 0.6) is 5.75 Å². The predicted octanol–water partition coefficient (Wildman–Crippen LogP) is 3.91. The molecule has 0 aliphatic rings. The number of aliphatic imine (C=N–C) groups is 1. The minimum Gasteiger partial charge on any atom is -0.505 e. The third-order valence-electron chi connectivity index (χ3n) is 2.24. The van der Waals surface area contributed by atoms with Crippen LogP contribution in [0.15, 0.2) is 17.1 Å². The zero-order valence-electron chi connectivity index (χ0n) is 10.7. The van der Waals surface area contributed by atoms with Gasteiger partial charge in [-0.05, 0) is 12.1 Å². The van der Waals surface area contributed by atoms with Crippen molar-refractivity contribution >= 4 is 40.4 Å². The van der Waals surface area contributed by atoms with Crippen molar-refractivity contribution in [2.75, 3.05) is 0 Å². The summed E-state index contributed by atoms with van der Waals surface area (Å²) in [4.78, 5) is 15.9. The Morgan fingerprint density at radius 1 is 1.32 bits per heavy atom. The van der Waals surface area contributed by atoms with Crippen LogP contribution in [0.2, 0.25) is 10.0 Å². The third kappa shape index (κ3) is 3.69. The minimum absolute atomic E-state index is 0.00625. The van der Waals surface area contributed by atoms with Crippen molar-refractivity contribution in [2.24, 2.45) is 10.4 Å². The molecule has 1 rings (SSSR count). The van der Waals surface area contributed by atoms with Crippen LogP contribution >= 0.6 is 23.2 Å². The van der Waals surface area contributed by atoms with Gasteiger partial charge in [-0.2, -0.15) is 5.26 Å². The maximum atomic E-state index is 12.0. The number of hydrogen-bond donors (Lipinski definition) is 1. The van der Waals surface area contributed by atoms with E-state index < -0.39 is 5.41 Å². The van der Waals surface area contributed by atoms with Gasteiger partial charge >= 0.3 is 0 Å². The number of Topliss-reactive ketones (excluding diaryl/α,β-unsaturated/α-hetero) is 1. The van der Waals surface area contributed by atoms with Crippen LogP contribution in [0.4, 0.5) is 5.69 Å². The van der Waals surface area contributed by atoms with E-state index in [9.17, 15) is 9.90 Å². The van der Waals surface area contributed by atoms with Crippen LogP contribution in [0.25, 0.3) is 0 Å². The molecule has 19 heavy (non-hydrogen) atoms. The van der Waals surface area contributed by atoms with Crippen molar-refractivity contribution in [1.29, 1.82) is 5.26 Å². The minimum atomic E-state index is -0.709. The normalized spacial score (nSPS) is 12.1. The summed E-state index contributed by atoms with van der Waals surface area (Å²) in [6.07, 6.45) is 0. The Hall–Kier alpha value is -1.57. The lowest BCUT2D eigenvalue weighted by molar-refractivity contribution is -0.119. The second-order valence-electron chi connectivity index (χ2n) is 4.91. The van der Waals surface area contributed by atoms with Gasteiger partial charge in [0, 0.05) is 5.41 Å². The number of rotatable bonds is 2. The Morgan fingerprint density at radius 2 is 1.79 bits per heavy atom. The third-order valence-corrected chi connectivity index (χ3v) is 2.82. The molecule has 0 atom stereocenters. The van der Waals surface area contributed by atoms with Crippen molar-refractivity contribution in [1.82, 2.24) is 0 Å². The average Bonchev–Trinajstić information content (AvgIpc) is 2.30. The van der Waals surface area contributed by atoms with E-state index in [1.807, 2.05) is 0 Å². The van der Waals surface area contributed by atoms with Crippen LogP contribution in [-0.2, 0) is 4.79 Å². The smallest absolute Gasteiger partial charge is 0.197 e. The molecule has 0 aromatic heterocycles. The number of hydrogen-bond acceptors (Lipinski definition) is 4. The lowest BCUT2D eigenvalue weighted by Gasteiger charge is -2.14. The molecule has 0 heterocycles. The van der Waals surface area contributed by atoms with Gasteiger partial charge < -0.3 is 5.11 Å². The fourth-order valence-corrected chi connectivity index (χ4v) is 1.70. The molecular formula is C13H12Cl2N2O2. The SMILES string of the molecule is CC(C)(C)C(=O)C(C#N)=Nc1cc(Cl)c(O)c(Cl)c1. The maximum Gasteiger partial charge on any atom is 0.197 e. The molecule has 1 N–H and O–H groups in total. The van der Waals surface area contributed by atoms with E-state index in [1.165, 1.54) is 12.1 Å². The molecule has 0 radical (unpaired) electrons. The highest BCUT2D eigenvalue weighted by molar-refractivity contribution is 6.48. The van der Waals surface area contributed by atoms with Gasteiger partial charge in [0.25, 0.3) is 0 Å². The van der Waals surface area contributed by atoms with E-state index >= 15 is 0 Å². The largest absolute Gasteiger partial charge is 0.505 e. The predicted molar refractivity (Wildman–Crippen MR) is 75.3 cm³/mol. The first-order chi connectivity index (χ1) is 8.66. The number of ketones is 1. The first-order valence-electron chi connectivity index (χ1n) is 5.38. The monoisotopic (exact) mass is 298 g/mol. The highest BCUT2D eigenvalue weighted by Crippen LogP contribution is 2.35. The highest BCUT2D eigenvalue weighted by atomic mass is 35.5. The topological polar surface area (TPSA) is 73.5 Å². The second-order valence-corrected chi connectivity index (χ2v) is 5.72. The molecule has 0 aliphatic heterocycles. The molecule has 0 aliphatic carbocycles. The molecule has 6 heteroatoms. The summed E-state index contributed by atoms with van der Waals surface area (Å²) >= 11 is 11.5. The summed E-state index contributed by atoms with van der Waals surface area (Å²) < 4.78 is 0. The maximum absolute atomic E-state index is 12.0. The number of aromatic hydroxyl groups is 1. The number of carbonyl (C=O) groups is 1. The van der Waals surface area contributed by atoms with Gasteiger partial charge in [-0.1, -0.05) is 44.0 Å². The molecule has 0 spiro atoms. The molecule has 4 nitrogen and oxygen atoms in total. The zero-order chi connectivity index (χ0) is 14.8. The Bertz CT molecular complexity index is 573. The summed E-state index contributed by atoms with van der Waals surface area (Å²) in [6.45, 7) is 5.08. The molecular weight excluding hydrogens is 287 g/mol. The standard InChI is InChI=1S/C13H12Cl2N2O2/c1-13(2,3)12(19)10(6-16)17-7-4-8(14)11(18)9(15)5-7/h4-5,18H,1-3H3. The average molecular weight is 299 g/mol. The molecule has 100 valence electrons. The lowest BCUT2D eigenvalue weighted by atomic mass is 9.88. The summed E-state index contributed by atoms with van der Waals surface area (Å²) in [5.41, 5.74) is -0.703. The van der Waals surface area contributed by atoms with Crippen LogP contribution in [0.1, 0.15) is 20.8 Å². The molecule has 0 bridgehead atoms. The van der Waals surface area contributed by atoms with Gasteiger partial charge in [0.2, 0.25) is 0 Å². The number of phenolic OH excluding ortho intramolecular Hbond substituents is 1. The van der Waals surface area contributed by atoms with E-state index in [-0.39, 0.29) is 33.0 Å². The van der Waals surface area contributed by atoms with Gasteiger partial charge in [-0.3, -0.25) is 4.79 Å². The van der Waals surface area contributed by atoms with Gasteiger partial charge in [0.05, 0.1) is 15.7 Å². The van der Waals surface area contributed by atoms with Gasteiger partial charge in [-0.25, -0.2) is 4.99 Å². The van der Waals surface area contributed by atoms with Gasteiger partial charge in [0.1, 0.15) is 6.07 Å². The number of carbonyl (C=O) groups excluding carboxylic acids is 1. The molecule has 0 saturated carbocycles. The summed E-state index contributed by atoms with van der Waals surface area (Å²) in [6, 6.07) is 4.42. The summed E-state index contributed by atoms with van der Waals surface area (Å²) in [7, 11) is 0. The highest BCUT2D eigenvalue weighted by Gasteiger charge is 2.26. The summed E-state index contributed by atoms with van der Waals surface area (Å²) in [5.74, 6) is -0.641. The number of nitriles is 1. The van der Waals surface area contributed by atoms with Crippen LogP contribution in [-0.4, -0.2) is 16.6 Å². The zero-order valence-corrected chi connectivity index (χ0v) is 12.2. The van der Waals surface area contributed by atoms with E-state index in [0.717, 1.165) is 0 Å². The molecule has 0 saturated heterocycles. The Labute approximate surface area is 121 Å². The summed E-state index contributed by atoms with van der Waals surface area (Å²) in [5, 5.41) is 18.4. The van der Waals surface area contributed by atoms with E-state index in [2.05, 4.69) is 4.99 Å². The number of nitrogens with zero attached hydrogens (tertiary/aromatic N) is 2. The van der Waals surface area contributed by atoms with Crippen molar-refractivity contribution in [3.8, 4) is 11.8 Å². The van der Waals surface area contributed by atoms with Gasteiger partial charge in [-0.15, -0.1) is 0 Å². The molecule has 1 aromatic carbocycles. The van der Waals surface area contributed by atoms with E-state index in [1.54, 1.807) is 26.8 Å². The first kappa shape index (κ1) is 15.5. The fourth-order valence-electron chi connectivity index (χ4n) is 1.23. The van der Waals surface area contributed by atoms with Crippen LogP contribution in [0, 0.1) is 16.7 Å². The Kier molecular flexibility index (Phi) is 4.56. The van der Waals surface area contributed by atoms with Crippen molar-refractivity contribution in [2.45, 2.75) is 20.8 Å². The van der Waals surface area contributed by atoms with Crippen molar-refractivity contribution in [3.05, 3.63) is 22.2 Å². The van der Waals surface area contributed by atoms with Gasteiger partial charge in [0.15, 0.2) is 17.2 Å². The molecule has 0 fully saturated rings. The van der Waals surface area contributed by atoms with Crippen molar-refractivity contribution < 1.29 is 9.90 Å².